The van der Waals surface area contributed by atoms with E-state index in [1.54, 1.807) is 4.90 Å². The van der Waals surface area contributed by atoms with Crippen LogP contribution in [0.15, 0.2) is 22.7 Å². The molecule has 128 valence electrons. The molecule has 1 aromatic rings. The number of piperazine rings is 1. The molecule has 1 fully saturated rings. The molecule has 1 aliphatic rings. The minimum atomic E-state index is -4.75. The fourth-order valence-corrected chi connectivity index (χ4v) is 2.55. The highest BCUT2D eigenvalue weighted by atomic mass is 79.9. The number of carbonyl (C=O) groups is 1. The van der Waals surface area contributed by atoms with E-state index in [-0.39, 0.29) is 28.5 Å². The lowest BCUT2D eigenvalue weighted by Gasteiger charge is -2.32. The Morgan fingerprint density at radius 2 is 1.91 bits per heavy atom. The Kier molecular flexibility index (Phi) is 5.74. The molecule has 1 saturated heterocycles. The Morgan fingerprint density at radius 1 is 1.26 bits per heavy atom. The van der Waals surface area contributed by atoms with Gasteiger partial charge in [0, 0.05) is 26.2 Å². The molecule has 0 radical (unpaired) electrons. The number of hydrogen-bond acceptors (Lipinski definition) is 4. The molecule has 1 amide bonds. The minimum absolute atomic E-state index is 0.152. The van der Waals surface area contributed by atoms with Gasteiger partial charge in [0.05, 0.1) is 4.47 Å². The normalized spacial score (nSPS) is 16.3. The number of carbonyl (C=O) groups excluding carboxylic acids is 1. The molecular formula is C14H16BrF3N2O3. The Labute approximate surface area is 140 Å². The fourth-order valence-electron chi connectivity index (χ4n) is 2.08. The van der Waals surface area contributed by atoms with Crippen LogP contribution < -0.4 is 9.47 Å². The van der Waals surface area contributed by atoms with Crippen molar-refractivity contribution in [2.45, 2.75) is 6.36 Å². The zero-order chi connectivity index (χ0) is 17.0. The Balaban J connectivity index is 1.89. The Bertz CT molecular complexity index is 561. The average Bonchev–Trinajstić information content (AvgIpc) is 2.45. The molecule has 1 aromatic carbocycles. The van der Waals surface area contributed by atoms with Crippen LogP contribution in [0.2, 0.25) is 0 Å². The summed E-state index contributed by atoms with van der Waals surface area (Å²) >= 11 is 3.10. The van der Waals surface area contributed by atoms with Gasteiger partial charge >= 0.3 is 6.36 Å². The van der Waals surface area contributed by atoms with E-state index in [9.17, 15) is 18.0 Å². The van der Waals surface area contributed by atoms with Crippen LogP contribution in [0.3, 0.4) is 0 Å². The highest BCUT2D eigenvalue weighted by Gasteiger charge is 2.31. The van der Waals surface area contributed by atoms with E-state index in [4.69, 9.17) is 4.74 Å². The summed E-state index contributed by atoms with van der Waals surface area (Å²) in [6.07, 6.45) is -4.75. The molecule has 1 aliphatic heterocycles. The second kappa shape index (κ2) is 7.39. The van der Waals surface area contributed by atoms with Crippen molar-refractivity contribution in [1.29, 1.82) is 0 Å². The summed E-state index contributed by atoms with van der Waals surface area (Å²) in [7, 11) is 1.99. The van der Waals surface area contributed by atoms with Crippen molar-refractivity contribution < 1.29 is 27.4 Å². The van der Waals surface area contributed by atoms with Crippen LogP contribution in [0.4, 0.5) is 13.2 Å². The van der Waals surface area contributed by atoms with Gasteiger partial charge in [0.15, 0.2) is 6.61 Å². The first-order valence-electron chi connectivity index (χ1n) is 6.89. The lowest BCUT2D eigenvalue weighted by Crippen LogP contribution is -2.48. The molecule has 0 aromatic heterocycles. The van der Waals surface area contributed by atoms with Crippen LogP contribution in [0.1, 0.15) is 0 Å². The number of hydrogen-bond donors (Lipinski definition) is 0. The lowest BCUT2D eigenvalue weighted by atomic mass is 10.3. The van der Waals surface area contributed by atoms with Gasteiger partial charge < -0.3 is 19.3 Å². The number of likely N-dealkylation sites (N-methyl/N-ethyl adjacent to an activating group) is 1. The first-order chi connectivity index (χ1) is 10.7. The first-order valence-corrected chi connectivity index (χ1v) is 7.68. The van der Waals surface area contributed by atoms with Gasteiger partial charge in [-0.05, 0) is 41.2 Å². The van der Waals surface area contributed by atoms with E-state index in [1.165, 1.54) is 6.07 Å². The van der Waals surface area contributed by atoms with Crippen LogP contribution >= 0.6 is 15.9 Å². The van der Waals surface area contributed by atoms with Crippen molar-refractivity contribution in [3.8, 4) is 11.5 Å². The summed E-state index contributed by atoms with van der Waals surface area (Å²) in [4.78, 5) is 15.9. The standard InChI is InChI=1S/C14H16BrF3N2O3/c1-19-4-6-20(7-5-19)13(21)9-22-12-3-2-10(8-11(12)15)23-14(16,17)18/h2-3,8H,4-7,9H2,1H3. The van der Waals surface area contributed by atoms with Crippen molar-refractivity contribution in [2.75, 3.05) is 39.8 Å². The van der Waals surface area contributed by atoms with Crippen LogP contribution in [-0.2, 0) is 4.79 Å². The zero-order valence-electron chi connectivity index (χ0n) is 12.4. The Morgan fingerprint density at radius 3 is 2.48 bits per heavy atom. The van der Waals surface area contributed by atoms with Crippen LogP contribution in [0.25, 0.3) is 0 Å². The van der Waals surface area contributed by atoms with Crippen molar-refractivity contribution in [3.05, 3.63) is 22.7 Å². The predicted molar refractivity (Wildman–Crippen MR) is 80.4 cm³/mol. The zero-order valence-corrected chi connectivity index (χ0v) is 14.0. The summed E-state index contributed by atoms with van der Waals surface area (Å²) in [5, 5.41) is 0. The van der Waals surface area contributed by atoms with Crippen LogP contribution in [0.5, 0.6) is 11.5 Å². The number of halogens is 4. The predicted octanol–water partition coefficient (Wildman–Crippen LogP) is 2.50. The van der Waals surface area contributed by atoms with Gasteiger partial charge in [-0.2, -0.15) is 0 Å². The summed E-state index contributed by atoms with van der Waals surface area (Å²) in [6.45, 7) is 2.72. The molecule has 23 heavy (non-hydrogen) atoms. The fraction of sp³-hybridized carbons (Fsp3) is 0.500. The van der Waals surface area contributed by atoms with Crippen LogP contribution in [-0.4, -0.2) is 61.9 Å². The smallest absolute Gasteiger partial charge is 0.483 e. The van der Waals surface area contributed by atoms with Crippen molar-refractivity contribution in [2.24, 2.45) is 0 Å². The quantitative estimate of drug-likeness (QED) is 0.783. The van der Waals surface area contributed by atoms with E-state index >= 15 is 0 Å². The molecule has 5 nitrogen and oxygen atoms in total. The summed E-state index contributed by atoms with van der Waals surface area (Å²) in [6, 6.07) is 3.60. The third kappa shape index (κ3) is 5.58. The first kappa shape index (κ1) is 17.9. The third-order valence-electron chi connectivity index (χ3n) is 3.34. The molecule has 0 spiro atoms. The number of benzene rings is 1. The second-order valence-electron chi connectivity index (χ2n) is 5.11. The Hall–Kier alpha value is -1.48. The monoisotopic (exact) mass is 396 g/mol. The van der Waals surface area contributed by atoms with Crippen molar-refractivity contribution in [1.82, 2.24) is 9.80 Å². The molecule has 1 heterocycles. The van der Waals surface area contributed by atoms with Gasteiger partial charge in [-0.1, -0.05) is 0 Å². The third-order valence-corrected chi connectivity index (χ3v) is 3.96. The molecule has 0 saturated carbocycles. The van der Waals surface area contributed by atoms with Gasteiger partial charge in [-0.15, -0.1) is 13.2 Å². The van der Waals surface area contributed by atoms with Crippen molar-refractivity contribution in [3.63, 3.8) is 0 Å². The maximum Gasteiger partial charge on any atom is 0.573 e. The molecule has 9 heteroatoms. The highest BCUT2D eigenvalue weighted by Crippen LogP contribution is 2.32. The maximum absolute atomic E-state index is 12.1. The second-order valence-corrected chi connectivity index (χ2v) is 5.97. The lowest BCUT2D eigenvalue weighted by molar-refractivity contribution is -0.274. The van der Waals surface area contributed by atoms with Gasteiger partial charge in [-0.3, -0.25) is 4.79 Å². The van der Waals surface area contributed by atoms with E-state index < -0.39 is 6.36 Å². The molecule has 2 rings (SSSR count). The molecule has 0 atom stereocenters. The van der Waals surface area contributed by atoms with Gasteiger partial charge in [0.25, 0.3) is 5.91 Å². The summed E-state index contributed by atoms with van der Waals surface area (Å²) in [5.74, 6) is -0.232. The van der Waals surface area contributed by atoms with Gasteiger partial charge in [0.2, 0.25) is 0 Å². The number of alkyl halides is 3. The van der Waals surface area contributed by atoms with E-state index in [0.29, 0.717) is 13.1 Å². The average molecular weight is 397 g/mol. The van der Waals surface area contributed by atoms with Gasteiger partial charge in [-0.25, -0.2) is 0 Å². The number of ether oxygens (including phenoxy) is 2. The van der Waals surface area contributed by atoms with Gasteiger partial charge in [0.1, 0.15) is 11.5 Å². The summed E-state index contributed by atoms with van der Waals surface area (Å²) in [5.41, 5.74) is 0. The highest BCUT2D eigenvalue weighted by molar-refractivity contribution is 9.10. The number of nitrogens with zero attached hydrogens (tertiary/aromatic N) is 2. The topological polar surface area (TPSA) is 42.0 Å². The molecule has 0 bridgehead atoms. The minimum Gasteiger partial charge on any atom is -0.483 e. The van der Waals surface area contributed by atoms with Crippen molar-refractivity contribution >= 4 is 21.8 Å². The van der Waals surface area contributed by atoms with E-state index in [0.717, 1.165) is 25.2 Å². The number of amides is 1. The number of rotatable bonds is 4. The SMILES string of the molecule is CN1CCN(C(=O)COc2ccc(OC(F)(F)F)cc2Br)CC1. The largest absolute Gasteiger partial charge is 0.573 e. The maximum atomic E-state index is 12.1. The summed E-state index contributed by atoms with van der Waals surface area (Å²) < 4.78 is 45.9. The molecular weight excluding hydrogens is 381 g/mol. The van der Waals surface area contributed by atoms with E-state index in [2.05, 4.69) is 25.6 Å². The van der Waals surface area contributed by atoms with Crippen LogP contribution in [0, 0.1) is 0 Å². The molecule has 0 unspecified atom stereocenters. The van der Waals surface area contributed by atoms with E-state index in [1.807, 2.05) is 7.05 Å². The molecule has 0 N–H and O–H groups in total. The molecule has 0 aliphatic carbocycles.